The number of furan rings is 1. The van der Waals surface area contributed by atoms with Crippen LogP contribution in [0.25, 0.3) is 65.6 Å². The zero-order valence-electron chi connectivity index (χ0n) is 16.7. The number of benzene rings is 5. The number of aromatic nitrogens is 1. The van der Waals surface area contributed by atoms with E-state index < -0.39 is 0 Å². The van der Waals surface area contributed by atoms with E-state index in [0.717, 1.165) is 44.1 Å². The molecule has 0 amide bonds. The Balaban J connectivity index is 1.46. The molecule has 0 radical (unpaired) electrons. The van der Waals surface area contributed by atoms with E-state index in [9.17, 15) is 0 Å². The minimum Gasteiger partial charge on any atom is -0.456 e. The molecule has 0 saturated carbocycles. The topological polar surface area (TPSA) is 26.0 Å². The summed E-state index contributed by atoms with van der Waals surface area (Å²) in [5.74, 6) is 0. The molecular weight excluding hydrogens is 378 g/mol. The predicted molar refractivity (Wildman–Crippen MR) is 129 cm³/mol. The van der Waals surface area contributed by atoms with Crippen molar-refractivity contribution in [3.63, 3.8) is 0 Å². The lowest BCUT2D eigenvalue weighted by Crippen LogP contribution is -1.84. The third-order valence-corrected chi connectivity index (χ3v) is 6.23. The van der Waals surface area contributed by atoms with Crippen molar-refractivity contribution < 1.29 is 4.42 Å². The molecule has 7 aromatic rings. The summed E-state index contributed by atoms with van der Waals surface area (Å²) in [4.78, 5) is 4.84. The van der Waals surface area contributed by atoms with E-state index in [4.69, 9.17) is 9.40 Å². The molecule has 0 atom stereocenters. The van der Waals surface area contributed by atoms with Crippen LogP contribution in [0, 0.1) is 0 Å². The summed E-state index contributed by atoms with van der Waals surface area (Å²) in [7, 11) is 0. The first-order valence-corrected chi connectivity index (χ1v) is 10.5. The van der Waals surface area contributed by atoms with Crippen molar-refractivity contribution in [1.29, 1.82) is 0 Å². The molecule has 5 aromatic carbocycles. The van der Waals surface area contributed by atoms with Gasteiger partial charge >= 0.3 is 0 Å². The molecule has 2 nitrogen and oxygen atoms in total. The standard InChI is InChI=1S/C29H17NO/c1-3-7-22-18(5-1)9-10-20-15-25-23-13-11-21(16-28(23)31-29(25)17-24(20)22)27-14-12-19-6-2-4-8-26(19)30-27/h1-17H. The maximum absolute atomic E-state index is 6.33. The normalized spacial score (nSPS) is 11.9. The van der Waals surface area contributed by atoms with E-state index in [0.29, 0.717) is 0 Å². The Labute approximate surface area is 178 Å². The SMILES string of the molecule is c1ccc2nc(-c3ccc4c(c3)oc3cc5c(ccc6ccccc65)cc34)ccc2c1. The fraction of sp³-hybridized carbons (Fsp3) is 0. The molecule has 2 heterocycles. The maximum Gasteiger partial charge on any atom is 0.136 e. The van der Waals surface area contributed by atoms with E-state index >= 15 is 0 Å². The molecule has 7 rings (SSSR count). The predicted octanol–water partition coefficient (Wildman–Crippen LogP) is 8.11. The number of rotatable bonds is 1. The van der Waals surface area contributed by atoms with E-state index in [1.54, 1.807) is 0 Å². The quantitative estimate of drug-likeness (QED) is 0.262. The van der Waals surface area contributed by atoms with Gasteiger partial charge in [0.05, 0.1) is 11.2 Å². The highest BCUT2D eigenvalue weighted by Crippen LogP contribution is 2.36. The van der Waals surface area contributed by atoms with Crippen LogP contribution in [0.5, 0.6) is 0 Å². The molecule has 144 valence electrons. The number of pyridine rings is 1. The van der Waals surface area contributed by atoms with E-state index in [1.165, 1.54) is 21.5 Å². The average Bonchev–Trinajstić information content (AvgIpc) is 3.19. The van der Waals surface area contributed by atoms with Gasteiger partial charge < -0.3 is 4.42 Å². The van der Waals surface area contributed by atoms with E-state index in [2.05, 4.69) is 91.0 Å². The summed E-state index contributed by atoms with van der Waals surface area (Å²) >= 11 is 0. The fourth-order valence-corrected chi connectivity index (χ4v) is 4.66. The number of hydrogen-bond acceptors (Lipinski definition) is 2. The van der Waals surface area contributed by atoms with Crippen molar-refractivity contribution in [2.75, 3.05) is 0 Å². The highest BCUT2D eigenvalue weighted by molar-refractivity contribution is 6.16. The number of nitrogens with zero attached hydrogens (tertiary/aromatic N) is 1. The van der Waals surface area contributed by atoms with Gasteiger partial charge in [0.15, 0.2) is 0 Å². The summed E-state index contributed by atoms with van der Waals surface area (Å²) in [6, 6.07) is 36.1. The largest absolute Gasteiger partial charge is 0.456 e. The molecule has 0 aliphatic heterocycles. The van der Waals surface area contributed by atoms with Crippen molar-refractivity contribution in [1.82, 2.24) is 4.98 Å². The lowest BCUT2D eigenvalue weighted by Gasteiger charge is -2.04. The summed E-state index contributed by atoms with van der Waals surface area (Å²) < 4.78 is 6.33. The number of hydrogen-bond donors (Lipinski definition) is 0. The van der Waals surface area contributed by atoms with Gasteiger partial charge in [-0.1, -0.05) is 66.7 Å². The van der Waals surface area contributed by atoms with E-state index in [-0.39, 0.29) is 0 Å². The molecule has 2 heteroatoms. The Kier molecular flexibility index (Phi) is 3.30. The zero-order valence-corrected chi connectivity index (χ0v) is 16.7. The van der Waals surface area contributed by atoms with Crippen LogP contribution in [0.2, 0.25) is 0 Å². The van der Waals surface area contributed by atoms with Crippen LogP contribution < -0.4 is 0 Å². The Bertz CT molecular complexity index is 1790. The number of fused-ring (bicyclic) bond motifs is 7. The molecule has 0 aliphatic carbocycles. The molecule has 0 spiro atoms. The average molecular weight is 395 g/mol. The molecule has 0 unspecified atom stereocenters. The van der Waals surface area contributed by atoms with Crippen molar-refractivity contribution in [3.05, 3.63) is 103 Å². The highest BCUT2D eigenvalue weighted by atomic mass is 16.3. The lowest BCUT2D eigenvalue weighted by molar-refractivity contribution is 0.669. The van der Waals surface area contributed by atoms with Gasteiger partial charge in [-0.25, -0.2) is 4.98 Å². The molecule has 0 aliphatic rings. The third kappa shape index (κ3) is 2.48. The summed E-state index contributed by atoms with van der Waals surface area (Å²) in [6.45, 7) is 0. The Morgan fingerprint density at radius 2 is 1.26 bits per heavy atom. The van der Waals surface area contributed by atoms with Crippen LogP contribution in [0.4, 0.5) is 0 Å². The summed E-state index contributed by atoms with van der Waals surface area (Å²) in [6.07, 6.45) is 0. The molecule has 0 N–H and O–H groups in total. The first-order valence-electron chi connectivity index (χ1n) is 10.5. The Morgan fingerprint density at radius 3 is 2.23 bits per heavy atom. The van der Waals surface area contributed by atoms with Crippen molar-refractivity contribution in [2.45, 2.75) is 0 Å². The Morgan fingerprint density at radius 1 is 0.484 bits per heavy atom. The van der Waals surface area contributed by atoms with Crippen LogP contribution in [-0.4, -0.2) is 4.98 Å². The molecule has 2 aromatic heterocycles. The minimum absolute atomic E-state index is 0.891. The van der Waals surface area contributed by atoms with Crippen LogP contribution >= 0.6 is 0 Å². The third-order valence-electron chi connectivity index (χ3n) is 6.23. The monoisotopic (exact) mass is 395 g/mol. The molecule has 0 saturated heterocycles. The minimum atomic E-state index is 0.891. The van der Waals surface area contributed by atoms with Crippen molar-refractivity contribution >= 4 is 54.4 Å². The smallest absolute Gasteiger partial charge is 0.136 e. The summed E-state index contributed by atoms with van der Waals surface area (Å²) in [5.41, 5.74) is 4.83. The molecular formula is C29H17NO. The first-order chi connectivity index (χ1) is 15.3. The molecule has 0 bridgehead atoms. The summed E-state index contributed by atoms with van der Waals surface area (Å²) in [5, 5.41) is 8.38. The fourth-order valence-electron chi connectivity index (χ4n) is 4.66. The van der Waals surface area contributed by atoms with Gasteiger partial charge in [-0.05, 0) is 57.9 Å². The number of para-hydroxylation sites is 1. The van der Waals surface area contributed by atoms with Crippen LogP contribution in [-0.2, 0) is 0 Å². The van der Waals surface area contributed by atoms with Gasteiger partial charge in [-0.3, -0.25) is 0 Å². The first kappa shape index (κ1) is 16.6. The van der Waals surface area contributed by atoms with Crippen molar-refractivity contribution in [2.24, 2.45) is 0 Å². The zero-order chi connectivity index (χ0) is 20.4. The molecule has 31 heavy (non-hydrogen) atoms. The van der Waals surface area contributed by atoms with Crippen LogP contribution in [0.3, 0.4) is 0 Å². The second kappa shape index (κ2) is 6.16. The lowest BCUT2D eigenvalue weighted by atomic mass is 9.99. The van der Waals surface area contributed by atoms with Gasteiger partial charge in [-0.2, -0.15) is 0 Å². The highest BCUT2D eigenvalue weighted by Gasteiger charge is 2.12. The van der Waals surface area contributed by atoms with Gasteiger partial charge in [-0.15, -0.1) is 0 Å². The van der Waals surface area contributed by atoms with Gasteiger partial charge in [0.2, 0.25) is 0 Å². The van der Waals surface area contributed by atoms with E-state index in [1.807, 2.05) is 12.1 Å². The van der Waals surface area contributed by atoms with Gasteiger partial charge in [0.25, 0.3) is 0 Å². The van der Waals surface area contributed by atoms with Gasteiger partial charge in [0, 0.05) is 21.7 Å². The van der Waals surface area contributed by atoms with Gasteiger partial charge in [0.1, 0.15) is 11.2 Å². The van der Waals surface area contributed by atoms with Crippen molar-refractivity contribution in [3.8, 4) is 11.3 Å². The van der Waals surface area contributed by atoms with Crippen LogP contribution in [0.15, 0.2) is 108 Å². The second-order valence-corrected chi connectivity index (χ2v) is 8.06. The molecule has 0 fully saturated rings. The van der Waals surface area contributed by atoms with Crippen LogP contribution in [0.1, 0.15) is 0 Å². The Hall–Kier alpha value is -4.17. The second-order valence-electron chi connectivity index (χ2n) is 8.06. The maximum atomic E-state index is 6.33.